The molecule has 3 N–H and O–H groups in total. The zero-order valence-electron chi connectivity index (χ0n) is 41.0. The predicted molar refractivity (Wildman–Crippen MR) is 260 cm³/mol. The number of amides is 4. The third kappa shape index (κ3) is 10.3. The summed E-state index contributed by atoms with van der Waals surface area (Å²) in [5, 5.41) is 17.1. The molecule has 15 nitrogen and oxygen atoms in total. The lowest BCUT2D eigenvalue weighted by Gasteiger charge is -2.40. The number of carbonyl (C=O) groups excluding carboxylic acids is 5. The van der Waals surface area contributed by atoms with Crippen LogP contribution < -0.4 is 10.7 Å². The van der Waals surface area contributed by atoms with Crippen LogP contribution in [0.2, 0.25) is 0 Å². The second-order valence-corrected chi connectivity index (χ2v) is 19.8. The normalized spacial score (nSPS) is 21.8. The molecule has 3 aromatic carbocycles. The van der Waals surface area contributed by atoms with Crippen LogP contribution in [0.1, 0.15) is 89.2 Å². The van der Waals surface area contributed by atoms with Crippen molar-refractivity contribution in [2.45, 2.75) is 117 Å². The van der Waals surface area contributed by atoms with Gasteiger partial charge in [-0.05, 0) is 85.6 Å². The number of nitrogens with one attached hydrogen (secondary N) is 2. The number of hydrazine groups is 1. The standard InChI is InChI=1S/C53H68N6O9/c1-11-45(60)57-24-21-38(30-57)68-51(64)56(9)46(32(3)4)48(61)54-43-27-35-15-13-16-36(26-35)37-18-20-44-41(28-37)42(47(58(44)12-2)39-19-17-33(5)25-40(39)34(6)66-10)29-52(7,8)31-67-50(63)53(65)22-14-23-59(55-53)49(43)62/h11,13,15-20,25-26,28,32,34,38,43,46,55,65H,1,12,14,21-24,27,29-31H2,2-10H3,(H,54,61)/t34-,38?,43-,46-,53-/m0/s1. The van der Waals surface area contributed by atoms with Crippen LogP contribution in [0.4, 0.5) is 4.79 Å². The minimum absolute atomic E-state index is 0.0112. The number of hydrogen-bond acceptors (Lipinski definition) is 10. The van der Waals surface area contributed by atoms with E-state index in [0.29, 0.717) is 25.9 Å². The van der Waals surface area contributed by atoms with Crippen molar-refractivity contribution < 1.29 is 43.3 Å². The average molecular weight is 933 g/mol. The van der Waals surface area contributed by atoms with Gasteiger partial charge in [0.2, 0.25) is 17.5 Å². The molecule has 4 aromatic rings. The molecule has 4 heterocycles. The van der Waals surface area contributed by atoms with Gasteiger partial charge in [-0.1, -0.05) is 88.4 Å². The fourth-order valence-corrected chi connectivity index (χ4v) is 10.0. The Labute approximate surface area is 399 Å². The van der Waals surface area contributed by atoms with Crippen LogP contribution in [-0.4, -0.2) is 119 Å². The van der Waals surface area contributed by atoms with Crippen LogP contribution >= 0.6 is 0 Å². The van der Waals surface area contributed by atoms with E-state index in [1.807, 2.05) is 45.0 Å². The second-order valence-electron chi connectivity index (χ2n) is 19.8. The molecule has 4 amide bonds. The number of esters is 1. The number of ether oxygens (including phenoxy) is 3. The van der Waals surface area contributed by atoms with Crippen molar-refractivity contribution in [3.63, 3.8) is 0 Å². The van der Waals surface area contributed by atoms with E-state index in [0.717, 1.165) is 55.5 Å². The van der Waals surface area contributed by atoms with Crippen molar-refractivity contribution in [3.8, 4) is 22.4 Å². The molecule has 3 aliphatic heterocycles. The highest BCUT2D eigenvalue weighted by Crippen LogP contribution is 2.43. The number of rotatable bonds is 10. The largest absolute Gasteiger partial charge is 0.462 e. The van der Waals surface area contributed by atoms with Crippen LogP contribution in [-0.2, 0) is 52.8 Å². The number of cyclic esters (lactones) is 1. The number of nitrogens with zero attached hydrogens (tertiary/aromatic N) is 4. The van der Waals surface area contributed by atoms with Crippen molar-refractivity contribution >= 4 is 40.7 Å². The monoisotopic (exact) mass is 933 g/mol. The Morgan fingerprint density at radius 2 is 1.81 bits per heavy atom. The average Bonchev–Trinajstić information content (AvgIpc) is 3.90. The van der Waals surface area contributed by atoms with Gasteiger partial charge in [0.15, 0.2) is 0 Å². The Morgan fingerprint density at radius 1 is 1.06 bits per heavy atom. The van der Waals surface area contributed by atoms with E-state index in [1.165, 1.54) is 23.0 Å². The first-order valence-corrected chi connectivity index (χ1v) is 23.8. The van der Waals surface area contributed by atoms with Gasteiger partial charge >= 0.3 is 12.1 Å². The maximum atomic E-state index is 14.7. The van der Waals surface area contributed by atoms with Crippen molar-refractivity contribution in [3.05, 3.63) is 95.6 Å². The Kier molecular flexibility index (Phi) is 14.9. The van der Waals surface area contributed by atoms with Gasteiger partial charge in [-0.25, -0.2) is 9.59 Å². The van der Waals surface area contributed by atoms with Gasteiger partial charge in [0.25, 0.3) is 5.91 Å². The summed E-state index contributed by atoms with van der Waals surface area (Å²) in [6.45, 7) is 18.9. The Morgan fingerprint density at radius 3 is 2.51 bits per heavy atom. The van der Waals surface area contributed by atoms with Crippen LogP contribution in [0, 0.1) is 18.3 Å². The van der Waals surface area contributed by atoms with Crippen LogP contribution in [0.15, 0.2) is 73.3 Å². The number of likely N-dealkylation sites (tertiary alicyclic amines) is 1. The number of aromatic nitrogens is 1. The maximum absolute atomic E-state index is 14.7. The number of aryl methyl sites for hydroxylation is 2. The van der Waals surface area contributed by atoms with Crippen molar-refractivity contribution in [1.29, 1.82) is 0 Å². The number of carbonyl (C=O) groups is 5. The van der Waals surface area contributed by atoms with Crippen LogP contribution in [0.3, 0.4) is 0 Å². The highest BCUT2D eigenvalue weighted by atomic mass is 16.6. The molecule has 68 heavy (non-hydrogen) atoms. The zero-order valence-corrected chi connectivity index (χ0v) is 41.0. The molecule has 0 saturated carbocycles. The Hall–Kier alpha value is -6.03. The quantitative estimate of drug-likeness (QED) is 0.113. The molecule has 3 aliphatic rings. The molecule has 5 atom stereocenters. The van der Waals surface area contributed by atoms with Crippen molar-refractivity contribution in [2.24, 2.45) is 11.3 Å². The van der Waals surface area contributed by atoms with E-state index in [1.54, 1.807) is 25.9 Å². The van der Waals surface area contributed by atoms with E-state index in [2.05, 4.69) is 72.1 Å². The fourth-order valence-electron chi connectivity index (χ4n) is 10.0. The number of likely N-dealkylation sites (N-methyl/N-ethyl adjacent to an activating group) is 1. The van der Waals surface area contributed by atoms with Gasteiger partial charge in [0.1, 0.15) is 18.2 Å². The zero-order chi connectivity index (χ0) is 49.2. The summed E-state index contributed by atoms with van der Waals surface area (Å²) in [7, 11) is 3.19. The molecule has 6 bridgehead atoms. The molecule has 0 radical (unpaired) electrons. The predicted octanol–water partition coefficient (Wildman–Crippen LogP) is 6.86. The smallest absolute Gasteiger partial charge is 0.410 e. The lowest BCUT2D eigenvalue weighted by molar-refractivity contribution is -0.189. The SMILES string of the molecule is C=CC(=O)N1CCC(OC(=O)N(C)[C@H](C(=O)N[C@H]2Cc3cccc(c3)-c3ccc4c(c3)c(c(-c3ccc(C)cc3[C@H](C)OC)n4CC)CC(C)(C)COC(=O)[C@@]3(O)CCCN(N3)C2=O)C(C)C)C1. The summed E-state index contributed by atoms with van der Waals surface area (Å²) < 4.78 is 20.0. The lowest BCUT2D eigenvalue weighted by atomic mass is 9.83. The number of aliphatic hydroxyl groups is 1. The van der Waals surface area contributed by atoms with E-state index in [-0.39, 0.29) is 51.0 Å². The molecular weight excluding hydrogens is 865 g/mol. The molecule has 1 aromatic heterocycles. The van der Waals surface area contributed by atoms with Gasteiger partial charge < -0.3 is 34.1 Å². The number of methoxy groups -OCH3 is 1. The summed E-state index contributed by atoms with van der Waals surface area (Å²) >= 11 is 0. The maximum Gasteiger partial charge on any atom is 0.410 e. The van der Waals surface area contributed by atoms with Crippen molar-refractivity contribution in [2.75, 3.05) is 40.4 Å². The van der Waals surface area contributed by atoms with Gasteiger partial charge in [0.05, 0.1) is 24.9 Å². The summed E-state index contributed by atoms with van der Waals surface area (Å²) in [4.78, 5) is 71.7. The van der Waals surface area contributed by atoms with Crippen molar-refractivity contribution in [1.82, 2.24) is 30.1 Å². The van der Waals surface area contributed by atoms with E-state index in [4.69, 9.17) is 14.2 Å². The third-order valence-corrected chi connectivity index (χ3v) is 13.7. The van der Waals surface area contributed by atoms with Crippen LogP contribution in [0.5, 0.6) is 0 Å². The van der Waals surface area contributed by atoms with E-state index in [9.17, 15) is 29.1 Å². The Balaban J connectivity index is 1.29. The Bertz CT molecular complexity index is 2590. The highest BCUT2D eigenvalue weighted by molar-refractivity contribution is 5.96. The third-order valence-electron chi connectivity index (χ3n) is 13.7. The van der Waals surface area contributed by atoms with Gasteiger partial charge in [0, 0.05) is 74.9 Å². The molecule has 15 heteroatoms. The molecule has 0 aliphatic carbocycles. The molecule has 2 fully saturated rings. The number of benzene rings is 3. The second kappa shape index (κ2) is 20.3. The first-order chi connectivity index (χ1) is 32.3. The lowest BCUT2D eigenvalue weighted by Crippen LogP contribution is -2.67. The van der Waals surface area contributed by atoms with Crippen LogP contribution in [0.25, 0.3) is 33.3 Å². The summed E-state index contributed by atoms with van der Waals surface area (Å²) in [5.74, 6) is -2.75. The molecule has 1 unspecified atom stereocenters. The highest BCUT2D eigenvalue weighted by Gasteiger charge is 2.45. The minimum atomic E-state index is -2.23. The minimum Gasteiger partial charge on any atom is -0.462 e. The van der Waals surface area contributed by atoms with E-state index >= 15 is 0 Å². The first kappa shape index (κ1) is 49.9. The van der Waals surface area contributed by atoms with Gasteiger partial charge in [-0.3, -0.25) is 24.3 Å². The topological polar surface area (TPSA) is 172 Å². The summed E-state index contributed by atoms with van der Waals surface area (Å²) in [5.41, 5.74) is 8.98. The van der Waals surface area contributed by atoms with Gasteiger partial charge in [-0.15, -0.1) is 0 Å². The van der Waals surface area contributed by atoms with E-state index < -0.39 is 59.1 Å². The summed E-state index contributed by atoms with van der Waals surface area (Å²) in [6, 6.07) is 18.5. The molecule has 2 saturated heterocycles. The molecule has 7 rings (SSSR count). The summed E-state index contributed by atoms with van der Waals surface area (Å²) in [6.07, 6.45) is 0.993. The van der Waals surface area contributed by atoms with Gasteiger partial charge in [-0.2, -0.15) is 5.43 Å². The molecular formula is C53H68N6O9. The number of hydrogen-bond donors (Lipinski definition) is 3. The fraction of sp³-hybridized carbons (Fsp3) is 0.491. The molecule has 0 spiro atoms. The molecule has 364 valence electrons. The first-order valence-electron chi connectivity index (χ1n) is 23.8. The number of fused-ring (bicyclic) bond motifs is 6.